The van der Waals surface area contributed by atoms with Crippen LogP contribution in [0.3, 0.4) is 0 Å². The van der Waals surface area contributed by atoms with Gasteiger partial charge in [0.2, 0.25) is 0 Å². The van der Waals surface area contributed by atoms with Gasteiger partial charge in [-0.25, -0.2) is 0 Å². The first-order valence-electron chi connectivity index (χ1n) is 6.54. The molecule has 0 saturated heterocycles. The molecule has 0 aliphatic rings. The lowest BCUT2D eigenvalue weighted by Crippen LogP contribution is -2.25. The molecule has 0 aliphatic heterocycles. The van der Waals surface area contributed by atoms with Crippen LogP contribution >= 0.6 is 18.7 Å². The van der Waals surface area contributed by atoms with Crippen molar-refractivity contribution >= 4 is 34.7 Å². The van der Waals surface area contributed by atoms with Crippen molar-refractivity contribution in [2.75, 3.05) is 0 Å². The van der Waals surface area contributed by atoms with Crippen molar-refractivity contribution < 1.29 is 4.57 Å². The van der Waals surface area contributed by atoms with Crippen molar-refractivity contribution in [3.05, 3.63) is 84.1 Å². The van der Waals surface area contributed by atoms with E-state index in [0.29, 0.717) is 10.3 Å². The monoisotopic (exact) mass is 313 g/mol. The van der Waals surface area contributed by atoms with Crippen molar-refractivity contribution in [1.29, 1.82) is 0 Å². The molecule has 104 valence electrons. The van der Waals surface area contributed by atoms with E-state index in [-0.39, 0.29) is 0 Å². The summed E-state index contributed by atoms with van der Waals surface area (Å²) in [5.74, 6) is 0. The molecule has 0 fully saturated rings. The van der Waals surface area contributed by atoms with Gasteiger partial charge in [-0.15, -0.1) is 0 Å². The Kier molecular flexibility index (Phi) is 3.92. The van der Waals surface area contributed by atoms with Crippen molar-refractivity contribution in [2.24, 2.45) is 0 Å². The number of halogens is 1. The molecular formula is C17H13ClNOP. The second-order valence-electron chi connectivity index (χ2n) is 4.61. The van der Waals surface area contributed by atoms with Crippen LogP contribution in [0, 0.1) is 0 Å². The van der Waals surface area contributed by atoms with Crippen LogP contribution in [0.2, 0.25) is 5.02 Å². The highest BCUT2D eigenvalue weighted by Crippen LogP contribution is 2.43. The maximum atomic E-state index is 13.9. The highest BCUT2D eigenvalue weighted by molar-refractivity contribution is 7.85. The van der Waals surface area contributed by atoms with Crippen LogP contribution in [0.5, 0.6) is 0 Å². The molecule has 4 heteroatoms. The predicted molar refractivity (Wildman–Crippen MR) is 88.6 cm³/mol. The lowest BCUT2D eigenvalue weighted by atomic mass is 10.4. The normalized spacial score (nSPS) is 11.3. The number of rotatable bonds is 3. The van der Waals surface area contributed by atoms with Crippen molar-refractivity contribution in [3.63, 3.8) is 0 Å². The van der Waals surface area contributed by atoms with Gasteiger partial charge in [0.25, 0.3) is 0 Å². The average Bonchev–Trinajstić information content (AvgIpc) is 2.56. The molecule has 0 N–H and O–H groups in total. The quantitative estimate of drug-likeness (QED) is 0.694. The number of aromatic nitrogens is 1. The molecule has 0 spiro atoms. The maximum absolute atomic E-state index is 13.9. The minimum atomic E-state index is -2.99. The molecule has 0 atom stereocenters. The predicted octanol–water partition coefficient (Wildman–Crippen LogP) is 3.37. The van der Waals surface area contributed by atoms with Crippen molar-refractivity contribution in [1.82, 2.24) is 4.98 Å². The Hall–Kier alpha value is -1.89. The second kappa shape index (κ2) is 5.85. The smallest absolute Gasteiger partial charge is 0.172 e. The molecule has 21 heavy (non-hydrogen) atoms. The van der Waals surface area contributed by atoms with E-state index in [4.69, 9.17) is 11.6 Å². The fourth-order valence-electron chi connectivity index (χ4n) is 2.33. The first-order valence-corrected chi connectivity index (χ1v) is 8.63. The van der Waals surface area contributed by atoms with Crippen LogP contribution in [0.4, 0.5) is 0 Å². The minimum Gasteiger partial charge on any atom is -0.309 e. The summed E-state index contributed by atoms with van der Waals surface area (Å²) in [7, 11) is -2.99. The van der Waals surface area contributed by atoms with Gasteiger partial charge < -0.3 is 4.57 Å². The van der Waals surface area contributed by atoms with Gasteiger partial charge in [-0.05, 0) is 6.07 Å². The Bertz CT molecular complexity index is 747. The summed E-state index contributed by atoms with van der Waals surface area (Å²) >= 11 is 6.27. The molecule has 2 nitrogen and oxygen atoms in total. The third-order valence-corrected chi connectivity index (χ3v) is 6.88. The van der Waals surface area contributed by atoms with E-state index in [1.807, 2.05) is 60.7 Å². The molecule has 3 aromatic rings. The van der Waals surface area contributed by atoms with E-state index in [0.717, 1.165) is 10.6 Å². The van der Waals surface area contributed by atoms with Crippen LogP contribution in [0.25, 0.3) is 0 Å². The molecule has 0 amide bonds. The number of pyridine rings is 1. The zero-order valence-corrected chi connectivity index (χ0v) is 12.8. The molecule has 0 bridgehead atoms. The summed E-state index contributed by atoms with van der Waals surface area (Å²) in [5, 5.41) is 2.58. The van der Waals surface area contributed by atoms with E-state index in [2.05, 4.69) is 4.98 Å². The van der Waals surface area contributed by atoms with Gasteiger partial charge in [-0.1, -0.05) is 72.3 Å². The summed E-state index contributed by atoms with van der Waals surface area (Å²) in [6, 6.07) is 20.6. The lowest BCUT2D eigenvalue weighted by Gasteiger charge is -2.20. The minimum absolute atomic E-state index is 0.425. The van der Waals surface area contributed by atoms with Crippen LogP contribution in [-0.2, 0) is 4.57 Å². The van der Waals surface area contributed by atoms with E-state index in [1.54, 1.807) is 12.3 Å². The summed E-state index contributed by atoms with van der Waals surface area (Å²) in [4.78, 5) is 3.99. The van der Waals surface area contributed by atoms with E-state index >= 15 is 0 Å². The van der Waals surface area contributed by atoms with Crippen LogP contribution < -0.4 is 15.9 Å². The number of benzene rings is 2. The van der Waals surface area contributed by atoms with Gasteiger partial charge in [0.15, 0.2) is 7.14 Å². The molecule has 0 radical (unpaired) electrons. The molecule has 1 heterocycles. The number of hydrogen-bond donors (Lipinski definition) is 0. The third-order valence-electron chi connectivity index (χ3n) is 3.33. The van der Waals surface area contributed by atoms with E-state index in [9.17, 15) is 4.57 Å². The Morgan fingerprint density at radius 1 is 0.810 bits per heavy atom. The van der Waals surface area contributed by atoms with Gasteiger partial charge >= 0.3 is 0 Å². The Morgan fingerprint density at radius 3 is 1.81 bits per heavy atom. The third kappa shape index (κ3) is 2.53. The highest BCUT2D eigenvalue weighted by Gasteiger charge is 2.31. The topological polar surface area (TPSA) is 30.0 Å². The first kappa shape index (κ1) is 14.1. The first-order chi connectivity index (χ1) is 10.2. The Balaban J connectivity index is 2.32. The zero-order chi connectivity index (χ0) is 14.7. The maximum Gasteiger partial charge on any atom is 0.172 e. The summed E-state index contributed by atoms with van der Waals surface area (Å²) in [6.07, 6.45) is 3.16. The highest BCUT2D eigenvalue weighted by atomic mass is 35.5. The molecular weight excluding hydrogens is 301 g/mol. The van der Waals surface area contributed by atoms with Crippen molar-refractivity contribution in [3.8, 4) is 0 Å². The number of hydrogen-bond acceptors (Lipinski definition) is 2. The standard InChI is InChI=1S/C17H13ClNOP/c18-16-13-19-12-11-17(16)21(20,14-7-3-1-4-8-14)15-9-5-2-6-10-15/h1-13H. The van der Waals surface area contributed by atoms with Gasteiger partial charge in [-0.2, -0.15) is 0 Å². The Morgan fingerprint density at radius 2 is 1.33 bits per heavy atom. The Labute approximate surface area is 128 Å². The molecule has 0 aliphatic carbocycles. The van der Waals surface area contributed by atoms with E-state index in [1.165, 1.54) is 6.20 Å². The largest absolute Gasteiger partial charge is 0.309 e. The molecule has 3 rings (SSSR count). The van der Waals surface area contributed by atoms with E-state index < -0.39 is 7.14 Å². The fourth-order valence-corrected chi connectivity index (χ4v) is 5.48. The van der Waals surface area contributed by atoms with Crippen LogP contribution in [-0.4, -0.2) is 4.98 Å². The van der Waals surface area contributed by atoms with Crippen LogP contribution in [0.15, 0.2) is 79.1 Å². The molecule has 1 aromatic heterocycles. The average molecular weight is 314 g/mol. The summed E-state index contributed by atoms with van der Waals surface area (Å²) < 4.78 is 13.9. The van der Waals surface area contributed by atoms with Gasteiger partial charge in [-0.3, -0.25) is 4.98 Å². The summed E-state index contributed by atoms with van der Waals surface area (Å²) in [5.41, 5.74) is 0. The second-order valence-corrected chi connectivity index (χ2v) is 7.75. The molecule has 0 saturated carbocycles. The zero-order valence-electron chi connectivity index (χ0n) is 11.2. The number of nitrogens with zero attached hydrogens (tertiary/aromatic N) is 1. The van der Waals surface area contributed by atoms with Gasteiger partial charge in [0.1, 0.15) is 0 Å². The van der Waals surface area contributed by atoms with Gasteiger partial charge in [0.05, 0.1) is 5.02 Å². The summed E-state index contributed by atoms with van der Waals surface area (Å²) in [6.45, 7) is 0. The van der Waals surface area contributed by atoms with Gasteiger partial charge in [0, 0.05) is 28.3 Å². The SMILES string of the molecule is O=P(c1ccccc1)(c1ccccc1)c1ccncc1Cl. The van der Waals surface area contributed by atoms with Crippen LogP contribution in [0.1, 0.15) is 0 Å². The molecule has 2 aromatic carbocycles. The molecule has 0 unspecified atom stereocenters. The fraction of sp³-hybridized carbons (Fsp3) is 0. The lowest BCUT2D eigenvalue weighted by molar-refractivity contribution is 0.592. The van der Waals surface area contributed by atoms with Crippen molar-refractivity contribution in [2.45, 2.75) is 0 Å².